The van der Waals surface area contributed by atoms with E-state index >= 15 is 0 Å². The van der Waals surface area contributed by atoms with Gasteiger partial charge in [-0.25, -0.2) is 9.69 Å². The van der Waals surface area contributed by atoms with Gasteiger partial charge in [0.2, 0.25) is 0 Å². The lowest BCUT2D eigenvalue weighted by Crippen LogP contribution is -2.38. The average molecular weight is 316 g/mol. The largest absolute Gasteiger partial charge is 0.334 e. The summed E-state index contributed by atoms with van der Waals surface area (Å²) in [4.78, 5) is 50.1. The van der Waals surface area contributed by atoms with E-state index in [4.69, 9.17) is 0 Å². The van der Waals surface area contributed by atoms with Crippen LogP contribution in [-0.4, -0.2) is 46.5 Å². The van der Waals surface area contributed by atoms with Crippen molar-refractivity contribution in [3.05, 3.63) is 34.9 Å². The van der Waals surface area contributed by atoms with Gasteiger partial charge in [-0.1, -0.05) is 37.6 Å². The minimum atomic E-state index is -0.936. The molecule has 1 aliphatic rings. The van der Waals surface area contributed by atoms with E-state index in [1.807, 2.05) is 26.8 Å². The predicted molar refractivity (Wildman–Crippen MR) is 83.9 cm³/mol. The van der Waals surface area contributed by atoms with Gasteiger partial charge in [-0.05, 0) is 25.3 Å². The first-order chi connectivity index (χ1) is 10.7. The maximum absolute atomic E-state index is 12.4. The number of ketones is 1. The summed E-state index contributed by atoms with van der Waals surface area (Å²) in [5.74, 6) is -2.11. The minimum Gasteiger partial charge on any atom is -0.292 e. The third-order valence-electron chi connectivity index (χ3n) is 3.67. The Morgan fingerprint density at radius 1 is 1.04 bits per heavy atom. The van der Waals surface area contributed by atoms with Crippen molar-refractivity contribution < 1.29 is 19.2 Å². The van der Waals surface area contributed by atoms with E-state index < -0.39 is 24.4 Å². The van der Waals surface area contributed by atoms with Crippen molar-refractivity contribution in [3.63, 3.8) is 0 Å². The van der Waals surface area contributed by atoms with Crippen LogP contribution in [0.25, 0.3) is 0 Å². The molecule has 1 saturated heterocycles. The molecule has 1 fully saturated rings. The Kier molecular flexibility index (Phi) is 4.63. The standard InChI is InChI=1S/C17H20N2O4/c1-10(2)8-18-15(21)16(22)19(17(18)23)9-14(20)13-6-5-11(3)7-12(13)4/h5-7,10H,8-9H2,1-4H3. The molecule has 0 spiro atoms. The topological polar surface area (TPSA) is 74.8 Å². The van der Waals surface area contributed by atoms with Crippen LogP contribution >= 0.6 is 0 Å². The molecule has 1 heterocycles. The molecule has 1 aromatic rings. The highest BCUT2D eigenvalue weighted by atomic mass is 16.2. The fourth-order valence-electron chi connectivity index (χ4n) is 2.57. The Balaban J connectivity index is 2.19. The van der Waals surface area contributed by atoms with Gasteiger partial charge in [-0.3, -0.25) is 19.3 Å². The van der Waals surface area contributed by atoms with Crippen LogP contribution in [0.15, 0.2) is 18.2 Å². The van der Waals surface area contributed by atoms with Gasteiger partial charge in [0.05, 0.1) is 6.54 Å². The molecular formula is C17H20N2O4. The normalized spacial score (nSPS) is 15.1. The number of urea groups is 1. The maximum atomic E-state index is 12.4. The lowest BCUT2D eigenvalue weighted by molar-refractivity contribution is -0.143. The molecule has 6 heteroatoms. The van der Waals surface area contributed by atoms with Crippen LogP contribution in [0.3, 0.4) is 0 Å². The monoisotopic (exact) mass is 316 g/mol. The molecule has 1 aliphatic heterocycles. The number of Topliss-reactive ketones (excluding diaryl/α,β-unsaturated/α-hetero) is 1. The van der Waals surface area contributed by atoms with E-state index in [2.05, 4.69) is 0 Å². The van der Waals surface area contributed by atoms with Crippen LogP contribution in [-0.2, 0) is 9.59 Å². The molecule has 1 aromatic carbocycles. The second-order valence-corrected chi connectivity index (χ2v) is 6.23. The molecule has 0 saturated carbocycles. The number of amides is 4. The molecule has 23 heavy (non-hydrogen) atoms. The Morgan fingerprint density at radius 2 is 1.65 bits per heavy atom. The molecule has 0 atom stereocenters. The highest BCUT2D eigenvalue weighted by Crippen LogP contribution is 2.17. The van der Waals surface area contributed by atoms with Gasteiger partial charge < -0.3 is 0 Å². The van der Waals surface area contributed by atoms with Crippen LogP contribution in [0.2, 0.25) is 0 Å². The first kappa shape index (κ1) is 16.9. The van der Waals surface area contributed by atoms with E-state index in [1.54, 1.807) is 19.1 Å². The molecule has 2 rings (SSSR count). The zero-order chi connectivity index (χ0) is 17.3. The quantitative estimate of drug-likeness (QED) is 0.472. The molecule has 4 amide bonds. The first-order valence-corrected chi connectivity index (χ1v) is 7.50. The lowest BCUT2D eigenvalue weighted by Gasteiger charge is -2.17. The molecule has 0 unspecified atom stereocenters. The summed E-state index contributed by atoms with van der Waals surface area (Å²) >= 11 is 0. The van der Waals surface area contributed by atoms with Crippen molar-refractivity contribution in [2.75, 3.05) is 13.1 Å². The molecule has 0 N–H and O–H groups in total. The number of aryl methyl sites for hydroxylation is 2. The number of hydrogen-bond donors (Lipinski definition) is 0. The number of hydrogen-bond acceptors (Lipinski definition) is 4. The predicted octanol–water partition coefficient (Wildman–Crippen LogP) is 1.93. The lowest BCUT2D eigenvalue weighted by atomic mass is 10.0. The van der Waals surface area contributed by atoms with Crippen molar-refractivity contribution in [2.45, 2.75) is 27.7 Å². The Labute approximate surface area is 135 Å². The van der Waals surface area contributed by atoms with Crippen molar-refractivity contribution in [1.82, 2.24) is 9.80 Å². The van der Waals surface area contributed by atoms with Crippen LogP contribution in [0.4, 0.5) is 4.79 Å². The molecule has 0 radical (unpaired) electrons. The van der Waals surface area contributed by atoms with Gasteiger partial charge in [-0.2, -0.15) is 0 Å². The first-order valence-electron chi connectivity index (χ1n) is 7.50. The van der Waals surface area contributed by atoms with E-state index in [0.29, 0.717) is 5.56 Å². The van der Waals surface area contributed by atoms with E-state index in [-0.39, 0.29) is 18.2 Å². The van der Waals surface area contributed by atoms with Gasteiger partial charge in [0.15, 0.2) is 5.78 Å². The molecule has 6 nitrogen and oxygen atoms in total. The summed E-state index contributed by atoms with van der Waals surface area (Å²) < 4.78 is 0. The van der Waals surface area contributed by atoms with Crippen LogP contribution < -0.4 is 0 Å². The maximum Gasteiger partial charge on any atom is 0.334 e. The fourth-order valence-corrected chi connectivity index (χ4v) is 2.57. The smallest absolute Gasteiger partial charge is 0.292 e. The third kappa shape index (κ3) is 3.31. The summed E-state index contributed by atoms with van der Waals surface area (Å²) in [6.07, 6.45) is 0. The summed E-state index contributed by atoms with van der Waals surface area (Å²) in [5, 5.41) is 0. The molecular weight excluding hydrogens is 296 g/mol. The van der Waals surface area contributed by atoms with Crippen molar-refractivity contribution in [2.24, 2.45) is 5.92 Å². The van der Waals surface area contributed by atoms with Gasteiger partial charge in [-0.15, -0.1) is 0 Å². The molecule has 0 aromatic heterocycles. The van der Waals surface area contributed by atoms with E-state index in [1.165, 1.54) is 0 Å². The summed E-state index contributed by atoms with van der Waals surface area (Å²) in [7, 11) is 0. The zero-order valence-electron chi connectivity index (χ0n) is 13.8. The number of carbonyl (C=O) groups is 4. The Hall–Kier alpha value is -2.50. The Bertz CT molecular complexity index is 694. The second-order valence-electron chi connectivity index (χ2n) is 6.23. The van der Waals surface area contributed by atoms with Gasteiger partial charge in [0.25, 0.3) is 0 Å². The van der Waals surface area contributed by atoms with Crippen molar-refractivity contribution in [3.8, 4) is 0 Å². The highest BCUT2D eigenvalue weighted by Gasteiger charge is 2.45. The third-order valence-corrected chi connectivity index (χ3v) is 3.67. The average Bonchev–Trinajstić information content (AvgIpc) is 2.64. The van der Waals surface area contributed by atoms with Crippen LogP contribution in [0.5, 0.6) is 0 Å². The minimum absolute atomic E-state index is 0.0469. The zero-order valence-corrected chi connectivity index (χ0v) is 13.8. The van der Waals surface area contributed by atoms with E-state index in [0.717, 1.165) is 20.9 Å². The van der Waals surface area contributed by atoms with Crippen LogP contribution in [0, 0.1) is 19.8 Å². The number of imide groups is 2. The molecule has 0 bridgehead atoms. The van der Waals surface area contributed by atoms with Crippen LogP contribution in [0.1, 0.15) is 35.3 Å². The summed E-state index contributed by atoms with van der Waals surface area (Å²) in [6.45, 7) is 7.14. The number of rotatable bonds is 5. The fraction of sp³-hybridized carbons (Fsp3) is 0.412. The van der Waals surface area contributed by atoms with E-state index in [9.17, 15) is 19.2 Å². The molecule has 0 aliphatic carbocycles. The van der Waals surface area contributed by atoms with Gasteiger partial charge in [0.1, 0.15) is 0 Å². The highest BCUT2D eigenvalue weighted by molar-refractivity contribution is 6.45. The van der Waals surface area contributed by atoms with Crippen molar-refractivity contribution >= 4 is 23.6 Å². The van der Waals surface area contributed by atoms with Crippen molar-refractivity contribution in [1.29, 1.82) is 0 Å². The summed E-state index contributed by atoms with van der Waals surface area (Å²) in [5.41, 5.74) is 2.25. The molecule has 122 valence electrons. The van der Waals surface area contributed by atoms with Gasteiger partial charge >= 0.3 is 17.8 Å². The van der Waals surface area contributed by atoms with Gasteiger partial charge in [0, 0.05) is 12.1 Å². The number of benzene rings is 1. The number of nitrogens with zero attached hydrogens (tertiary/aromatic N) is 2. The second kappa shape index (κ2) is 6.32. The number of carbonyl (C=O) groups excluding carboxylic acids is 4. The SMILES string of the molecule is Cc1ccc(C(=O)CN2C(=O)C(=O)N(CC(C)C)C2=O)c(C)c1. The summed E-state index contributed by atoms with van der Waals surface area (Å²) in [6, 6.07) is 4.61. The Morgan fingerprint density at radius 3 is 2.22 bits per heavy atom.